The van der Waals surface area contributed by atoms with Crippen molar-refractivity contribution in [3.63, 3.8) is 0 Å². The van der Waals surface area contributed by atoms with Crippen LogP contribution in [0.15, 0.2) is 18.6 Å². The van der Waals surface area contributed by atoms with Crippen molar-refractivity contribution in [3.8, 4) is 11.3 Å². The second-order valence-electron chi connectivity index (χ2n) is 4.02. The van der Waals surface area contributed by atoms with Crippen molar-refractivity contribution < 1.29 is 4.74 Å². The van der Waals surface area contributed by atoms with Crippen LogP contribution in [0, 0.1) is 0 Å². The normalized spacial score (nSPS) is 11.0. The van der Waals surface area contributed by atoms with Gasteiger partial charge in [-0.2, -0.15) is 10.2 Å². The summed E-state index contributed by atoms with van der Waals surface area (Å²) in [5, 5.41) is 14.7. The SMILES string of the molecule is CCn1cc(-c2[nH]ncc2CNCCOC)cn1. The number of ether oxygens (including phenoxy) is 1. The van der Waals surface area contributed by atoms with Crippen LogP contribution in [0.3, 0.4) is 0 Å². The first-order chi connectivity index (χ1) is 8.85. The first-order valence-corrected chi connectivity index (χ1v) is 6.10. The summed E-state index contributed by atoms with van der Waals surface area (Å²) in [5.41, 5.74) is 3.24. The van der Waals surface area contributed by atoms with Gasteiger partial charge in [-0.15, -0.1) is 0 Å². The molecular formula is C12H19N5O. The lowest BCUT2D eigenvalue weighted by Crippen LogP contribution is -2.18. The number of aryl methyl sites for hydroxylation is 1. The van der Waals surface area contributed by atoms with Crippen LogP contribution < -0.4 is 5.32 Å². The minimum absolute atomic E-state index is 0.709. The quantitative estimate of drug-likeness (QED) is 0.719. The molecule has 18 heavy (non-hydrogen) atoms. The largest absolute Gasteiger partial charge is 0.383 e. The molecular weight excluding hydrogens is 230 g/mol. The Morgan fingerprint density at radius 2 is 2.33 bits per heavy atom. The van der Waals surface area contributed by atoms with Gasteiger partial charge in [-0.3, -0.25) is 9.78 Å². The van der Waals surface area contributed by atoms with Crippen molar-refractivity contribution >= 4 is 0 Å². The van der Waals surface area contributed by atoms with Crippen molar-refractivity contribution in [3.05, 3.63) is 24.2 Å². The molecule has 6 nitrogen and oxygen atoms in total. The fourth-order valence-electron chi connectivity index (χ4n) is 1.76. The van der Waals surface area contributed by atoms with Crippen molar-refractivity contribution in [2.45, 2.75) is 20.0 Å². The van der Waals surface area contributed by atoms with Crippen LogP contribution >= 0.6 is 0 Å². The third-order valence-corrected chi connectivity index (χ3v) is 2.76. The Morgan fingerprint density at radius 1 is 1.44 bits per heavy atom. The van der Waals surface area contributed by atoms with Crippen LogP contribution in [0.4, 0.5) is 0 Å². The zero-order chi connectivity index (χ0) is 12.8. The Morgan fingerprint density at radius 3 is 3.06 bits per heavy atom. The highest BCUT2D eigenvalue weighted by molar-refractivity contribution is 5.60. The predicted octanol–water partition coefficient (Wildman–Crippen LogP) is 1.03. The Hall–Kier alpha value is -1.66. The van der Waals surface area contributed by atoms with Gasteiger partial charge in [-0.25, -0.2) is 0 Å². The number of rotatable bonds is 7. The van der Waals surface area contributed by atoms with Crippen LogP contribution in [-0.4, -0.2) is 40.2 Å². The summed E-state index contributed by atoms with van der Waals surface area (Å²) in [4.78, 5) is 0. The van der Waals surface area contributed by atoms with E-state index in [0.29, 0.717) is 6.61 Å². The van der Waals surface area contributed by atoms with Gasteiger partial charge in [0.2, 0.25) is 0 Å². The topological polar surface area (TPSA) is 67.8 Å². The molecule has 0 saturated carbocycles. The summed E-state index contributed by atoms with van der Waals surface area (Å²) in [5.74, 6) is 0. The van der Waals surface area contributed by atoms with E-state index in [2.05, 4.69) is 27.5 Å². The van der Waals surface area contributed by atoms with E-state index in [1.54, 1.807) is 7.11 Å². The molecule has 0 aliphatic heterocycles. The third-order valence-electron chi connectivity index (χ3n) is 2.76. The van der Waals surface area contributed by atoms with Crippen molar-refractivity contribution in [1.29, 1.82) is 0 Å². The molecule has 2 N–H and O–H groups in total. The second kappa shape index (κ2) is 6.32. The van der Waals surface area contributed by atoms with Crippen molar-refractivity contribution in [2.24, 2.45) is 0 Å². The maximum atomic E-state index is 4.99. The van der Waals surface area contributed by atoms with E-state index >= 15 is 0 Å². The first kappa shape index (κ1) is 12.8. The number of aromatic amines is 1. The zero-order valence-electron chi connectivity index (χ0n) is 10.8. The molecule has 2 heterocycles. The number of hydrogen-bond donors (Lipinski definition) is 2. The highest BCUT2D eigenvalue weighted by atomic mass is 16.5. The molecule has 2 rings (SSSR count). The van der Waals surface area contributed by atoms with E-state index in [-0.39, 0.29) is 0 Å². The molecule has 0 atom stereocenters. The van der Waals surface area contributed by atoms with Gasteiger partial charge >= 0.3 is 0 Å². The number of aromatic nitrogens is 4. The maximum Gasteiger partial charge on any atom is 0.0726 e. The summed E-state index contributed by atoms with van der Waals surface area (Å²) in [7, 11) is 1.70. The van der Waals surface area contributed by atoms with Crippen molar-refractivity contribution in [1.82, 2.24) is 25.3 Å². The molecule has 0 amide bonds. The molecule has 0 fully saturated rings. The maximum absolute atomic E-state index is 4.99. The first-order valence-electron chi connectivity index (χ1n) is 6.10. The molecule has 0 bridgehead atoms. The highest BCUT2D eigenvalue weighted by Crippen LogP contribution is 2.20. The van der Waals surface area contributed by atoms with E-state index in [1.165, 1.54) is 0 Å². The van der Waals surface area contributed by atoms with Crippen LogP contribution in [0.25, 0.3) is 11.3 Å². The van der Waals surface area contributed by atoms with E-state index in [4.69, 9.17) is 4.74 Å². The van der Waals surface area contributed by atoms with Gasteiger partial charge in [0.1, 0.15) is 0 Å². The van der Waals surface area contributed by atoms with Gasteiger partial charge in [-0.05, 0) is 6.92 Å². The van der Waals surface area contributed by atoms with Crippen LogP contribution in [0.2, 0.25) is 0 Å². The molecule has 0 unspecified atom stereocenters. The fourth-order valence-corrected chi connectivity index (χ4v) is 1.76. The fraction of sp³-hybridized carbons (Fsp3) is 0.500. The Balaban J connectivity index is 2.02. The lowest BCUT2D eigenvalue weighted by atomic mass is 10.1. The molecule has 0 aliphatic carbocycles. The Bertz CT molecular complexity index is 476. The zero-order valence-corrected chi connectivity index (χ0v) is 10.8. The number of nitrogens with one attached hydrogen (secondary N) is 2. The molecule has 6 heteroatoms. The molecule has 2 aromatic rings. The number of methoxy groups -OCH3 is 1. The van der Waals surface area contributed by atoms with Gasteiger partial charge in [0.05, 0.1) is 24.7 Å². The van der Waals surface area contributed by atoms with E-state index in [1.807, 2.05) is 23.3 Å². The third kappa shape index (κ3) is 2.96. The summed E-state index contributed by atoms with van der Waals surface area (Å²) in [6.07, 6.45) is 5.72. The Kier molecular flexibility index (Phi) is 4.49. The van der Waals surface area contributed by atoms with Crippen molar-refractivity contribution in [2.75, 3.05) is 20.3 Å². The smallest absolute Gasteiger partial charge is 0.0726 e. The van der Waals surface area contributed by atoms with Gasteiger partial charge in [-0.1, -0.05) is 0 Å². The monoisotopic (exact) mass is 249 g/mol. The molecule has 0 saturated heterocycles. The van der Waals surface area contributed by atoms with Crippen LogP contribution in [0.5, 0.6) is 0 Å². The van der Waals surface area contributed by atoms with E-state index in [0.717, 1.165) is 36.5 Å². The van der Waals surface area contributed by atoms with E-state index < -0.39 is 0 Å². The van der Waals surface area contributed by atoms with Gasteiger partial charge in [0.25, 0.3) is 0 Å². The van der Waals surface area contributed by atoms with Gasteiger partial charge < -0.3 is 10.1 Å². The summed E-state index contributed by atoms with van der Waals surface area (Å²) in [6.45, 7) is 5.25. The summed E-state index contributed by atoms with van der Waals surface area (Å²) in [6, 6.07) is 0. The summed E-state index contributed by atoms with van der Waals surface area (Å²) < 4.78 is 6.90. The van der Waals surface area contributed by atoms with Crippen LogP contribution in [0.1, 0.15) is 12.5 Å². The molecule has 0 aliphatic rings. The second-order valence-corrected chi connectivity index (χ2v) is 4.02. The minimum atomic E-state index is 0.709. The number of nitrogens with zero attached hydrogens (tertiary/aromatic N) is 3. The van der Waals surface area contributed by atoms with Gasteiger partial charge in [0, 0.05) is 44.1 Å². The van der Waals surface area contributed by atoms with Crippen LogP contribution in [-0.2, 0) is 17.8 Å². The molecule has 2 aromatic heterocycles. The van der Waals surface area contributed by atoms with E-state index in [9.17, 15) is 0 Å². The Labute approximate surface area is 106 Å². The molecule has 98 valence electrons. The summed E-state index contributed by atoms with van der Waals surface area (Å²) >= 11 is 0. The number of H-pyrrole nitrogens is 1. The van der Waals surface area contributed by atoms with Gasteiger partial charge in [0.15, 0.2) is 0 Å². The number of hydrogen-bond acceptors (Lipinski definition) is 4. The predicted molar refractivity (Wildman–Crippen MR) is 69.1 cm³/mol. The standard InChI is InChI=1S/C12H19N5O/c1-3-17-9-11(8-15-17)12-10(7-14-16-12)6-13-4-5-18-2/h7-9,13H,3-6H2,1-2H3,(H,14,16). The molecule has 0 spiro atoms. The molecule has 0 radical (unpaired) electrons. The lowest BCUT2D eigenvalue weighted by Gasteiger charge is -2.03. The lowest BCUT2D eigenvalue weighted by molar-refractivity contribution is 0.199. The highest BCUT2D eigenvalue weighted by Gasteiger charge is 2.09. The average molecular weight is 249 g/mol. The minimum Gasteiger partial charge on any atom is -0.383 e. The average Bonchev–Trinajstić information content (AvgIpc) is 3.02. The molecule has 0 aromatic carbocycles.